The Labute approximate surface area is 108 Å². The molecular weight excluding hydrogens is 224 g/mol. The Hall–Kier alpha value is -0.830. The lowest BCUT2D eigenvalue weighted by molar-refractivity contribution is -0.159. The van der Waals surface area contributed by atoms with Crippen LogP contribution in [0.25, 0.3) is 0 Å². The Morgan fingerprint density at radius 2 is 1.89 bits per heavy atom. The fourth-order valence-electron chi connectivity index (χ4n) is 5.52. The third-order valence-electron chi connectivity index (χ3n) is 5.46. The second-order valence-electron chi connectivity index (χ2n) is 7.25. The summed E-state index contributed by atoms with van der Waals surface area (Å²) in [4.78, 5) is 0. The molecule has 2 atom stereocenters. The van der Waals surface area contributed by atoms with Crippen LogP contribution in [0.5, 0.6) is 0 Å². The van der Waals surface area contributed by atoms with E-state index in [0.29, 0.717) is 0 Å². The van der Waals surface area contributed by atoms with Crippen molar-refractivity contribution in [2.45, 2.75) is 63.5 Å². The zero-order chi connectivity index (χ0) is 12.5. The maximum absolute atomic E-state index is 10.8. The number of aliphatic hydroxyl groups is 1. The zero-order valence-electron chi connectivity index (χ0n) is 11.3. The molecule has 4 fully saturated rings. The molecule has 3 heteroatoms. The maximum atomic E-state index is 10.8. The zero-order valence-corrected chi connectivity index (χ0v) is 11.3. The summed E-state index contributed by atoms with van der Waals surface area (Å²) in [6, 6.07) is 2.17. The largest absolute Gasteiger partial charge is 0.390 e. The van der Waals surface area contributed by atoms with E-state index in [1.165, 1.54) is 25.0 Å². The second kappa shape index (κ2) is 3.19. The molecule has 4 aliphatic rings. The van der Waals surface area contributed by atoms with Crippen LogP contribution in [0.1, 0.15) is 49.9 Å². The topological polar surface area (TPSA) is 38.0 Å². The fourth-order valence-corrected chi connectivity index (χ4v) is 5.52. The van der Waals surface area contributed by atoms with E-state index in [-0.39, 0.29) is 5.54 Å². The number of hydrogen-bond acceptors (Lipinski definition) is 2. The quantitative estimate of drug-likeness (QED) is 0.827. The van der Waals surface area contributed by atoms with Gasteiger partial charge in [0, 0.05) is 12.1 Å². The Morgan fingerprint density at radius 3 is 2.39 bits per heavy atom. The van der Waals surface area contributed by atoms with Gasteiger partial charge in [0.25, 0.3) is 0 Å². The molecule has 0 aliphatic heterocycles. The summed E-state index contributed by atoms with van der Waals surface area (Å²) >= 11 is 0. The third kappa shape index (κ3) is 1.37. The van der Waals surface area contributed by atoms with E-state index < -0.39 is 5.60 Å². The summed E-state index contributed by atoms with van der Waals surface area (Å²) < 4.78 is 2.25. The fraction of sp³-hybridized carbons (Fsp3) is 0.800. The molecule has 0 aromatic carbocycles. The molecule has 1 N–H and O–H groups in total. The van der Waals surface area contributed by atoms with Crippen LogP contribution in [-0.4, -0.2) is 20.5 Å². The van der Waals surface area contributed by atoms with Crippen LogP contribution >= 0.6 is 0 Å². The van der Waals surface area contributed by atoms with Gasteiger partial charge in [-0.15, -0.1) is 0 Å². The Kier molecular flexibility index (Phi) is 1.95. The van der Waals surface area contributed by atoms with Gasteiger partial charge in [-0.2, -0.15) is 5.10 Å². The van der Waals surface area contributed by atoms with E-state index in [2.05, 4.69) is 24.6 Å². The standard InChI is InChI=1S/C15H22N2O/c1-10-3-11(2)17(16-10)14-5-12-4-13(6-14)8-15(18,7-12)9-14/h3,12-13,18H,4-9H2,1-2H3. The predicted octanol–water partition coefficient (Wildman–Crippen LogP) is 2.54. The molecule has 1 aromatic rings. The van der Waals surface area contributed by atoms with E-state index in [4.69, 9.17) is 5.10 Å². The lowest BCUT2D eigenvalue weighted by Gasteiger charge is -2.60. The van der Waals surface area contributed by atoms with Crippen LogP contribution < -0.4 is 0 Å². The van der Waals surface area contributed by atoms with Crippen molar-refractivity contribution in [3.8, 4) is 0 Å². The summed E-state index contributed by atoms with van der Waals surface area (Å²) in [5.41, 5.74) is 2.10. The first kappa shape index (κ1) is 11.0. The van der Waals surface area contributed by atoms with E-state index in [9.17, 15) is 5.11 Å². The molecule has 1 aromatic heterocycles. The summed E-state index contributed by atoms with van der Waals surface area (Å²) in [5, 5.41) is 15.5. The highest BCUT2D eigenvalue weighted by atomic mass is 16.3. The molecule has 0 spiro atoms. The number of rotatable bonds is 1. The molecule has 5 rings (SSSR count). The monoisotopic (exact) mass is 246 g/mol. The molecule has 0 amide bonds. The molecule has 1 heterocycles. The van der Waals surface area contributed by atoms with Crippen LogP contribution in [-0.2, 0) is 5.54 Å². The highest BCUT2D eigenvalue weighted by Gasteiger charge is 2.58. The Morgan fingerprint density at radius 1 is 1.22 bits per heavy atom. The molecule has 4 saturated carbocycles. The summed E-state index contributed by atoms with van der Waals surface area (Å²) in [6.07, 6.45) is 6.79. The van der Waals surface area contributed by atoms with Gasteiger partial charge in [-0.25, -0.2) is 0 Å². The van der Waals surface area contributed by atoms with Crippen molar-refractivity contribution < 1.29 is 5.11 Å². The second-order valence-corrected chi connectivity index (χ2v) is 7.25. The van der Waals surface area contributed by atoms with Crippen LogP contribution in [0, 0.1) is 25.7 Å². The Balaban J connectivity index is 1.82. The third-order valence-corrected chi connectivity index (χ3v) is 5.46. The highest BCUT2D eigenvalue weighted by Crippen LogP contribution is 2.60. The van der Waals surface area contributed by atoms with E-state index >= 15 is 0 Å². The van der Waals surface area contributed by atoms with Crippen molar-refractivity contribution in [2.24, 2.45) is 11.8 Å². The number of aryl methyl sites for hydroxylation is 2. The minimum atomic E-state index is -0.392. The van der Waals surface area contributed by atoms with Crippen molar-refractivity contribution in [1.82, 2.24) is 9.78 Å². The first-order valence-corrected chi connectivity index (χ1v) is 7.24. The number of hydrogen-bond donors (Lipinski definition) is 1. The minimum Gasteiger partial charge on any atom is -0.390 e. The summed E-state index contributed by atoms with van der Waals surface area (Å²) in [6.45, 7) is 4.22. The van der Waals surface area contributed by atoms with Gasteiger partial charge in [0.1, 0.15) is 0 Å². The molecule has 4 bridgehead atoms. The maximum Gasteiger partial charge on any atom is 0.0676 e. The smallest absolute Gasteiger partial charge is 0.0676 e. The van der Waals surface area contributed by atoms with Gasteiger partial charge in [0.15, 0.2) is 0 Å². The summed E-state index contributed by atoms with van der Waals surface area (Å²) in [7, 11) is 0. The molecule has 18 heavy (non-hydrogen) atoms. The molecule has 2 unspecified atom stereocenters. The van der Waals surface area contributed by atoms with Crippen molar-refractivity contribution in [3.63, 3.8) is 0 Å². The normalized spacial score (nSPS) is 45.7. The number of nitrogens with zero attached hydrogens (tertiary/aromatic N) is 2. The van der Waals surface area contributed by atoms with Gasteiger partial charge in [-0.1, -0.05) is 0 Å². The highest BCUT2D eigenvalue weighted by molar-refractivity contribution is 5.16. The molecule has 4 aliphatic carbocycles. The molecule has 98 valence electrons. The summed E-state index contributed by atoms with van der Waals surface area (Å²) in [5.74, 6) is 1.44. The SMILES string of the molecule is Cc1cc(C)n(C23CC4CC(CC(O)(C4)C2)C3)n1. The molecule has 0 radical (unpaired) electrons. The average molecular weight is 246 g/mol. The minimum absolute atomic E-state index is 0.122. The Bertz CT molecular complexity index is 491. The average Bonchev–Trinajstić information content (AvgIpc) is 2.54. The van der Waals surface area contributed by atoms with Crippen LogP contribution in [0.4, 0.5) is 0 Å². The van der Waals surface area contributed by atoms with Gasteiger partial charge < -0.3 is 5.11 Å². The van der Waals surface area contributed by atoms with Crippen molar-refractivity contribution in [3.05, 3.63) is 17.5 Å². The van der Waals surface area contributed by atoms with Crippen LogP contribution in [0.15, 0.2) is 6.07 Å². The first-order valence-electron chi connectivity index (χ1n) is 7.24. The molecular formula is C15H22N2O. The first-order chi connectivity index (χ1) is 8.48. The van der Waals surface area contributed by atoms with E-state index in [0.717, 1.165) is 36.8 Å². The van der Waals surface area contributed by atoms with Crippen molar-refractivity contribution >= 4 is 0 Å². The molecule has 3 nitrogen and oxygen atoms in total. The predicted molar refractivity (Wildman–Crippen MR) is 69.3 cm³/mol. The van der Waals surface area contributed by atoms with E-state index in [1.54, 1.807) is 0 Å². The van der Waals surface area contributed by atoms with Gasteiger partial charge in [0.2, 0.25) is 0 Å². The van der Waals surface area contributed by atoms with Gasteiger partial charge in [-0.05, 0) is 63.9 Å². The van der Waals surface area contributed by atoms with Crippen molar-refractivity contribution in [1.29, 1.82) is 0 Å². The van der Waals surface area contributed by atoms with Gasteiger partial charge in [0.05, 0.1) is 16.8 Å². The van der Waals surface area contributed by atoms with Crippen molar-refractivity contribution in [2.75, 3.05) is 0 Å². The molecule has 0 saturated heterocycles. The van der Waals surface area contributed by atoms with Crippen LogP contribution in [0.3, 0.4) is 0 Å². The van der Waals surface area contributed by atoms with E-state index in [1.807, 2.05) is 0 Å². The van der Waals surface area contributed by atoms with Gasteiger partial charge >= 0.3 is 0 Å². The number of aromatic nitrogens is 2. The lowest BCUT2D eigenvalue weighted by Crippen LogP contribution is -2.60. The van der Waals surface area contributed by atoms with Gasteiger partial charge in [-0.3, -0.25) is 4.68 Å². The van der Waals surface area contributed by atoms with Crippen LogP contribution in [0.2, 0.25) is 0 Å². The lowest BCUT2D eigenvalue weighted by atomic mass is 9.51.